The fraction of sp³-hybridized carbons (Fsp3) is 0.478. The van der Waals surface area contributed by atoms with E-state index in [9.17, 15) is 9.90 Å². The highest BCUT2D eigenvalue weighted by atomic mass is 127. The summed E-state index contributed by atoms with van der Waals surface area (Å²) in [6.07, 6.45) is 4.54. The van der Waals surface area contributed by atoms with Crippen LogP contribution >= 0.6 is 24.0 Å². The van der Waals surface area contributed by atoms with Gasteiger partial charge >= 0.3 is 0 Å². The van der Waals surface area contributed by atoms with Crippen LogP contribution in [0.1, 0.15) is 54.8 Å². The van der Waals surface area contributed by atoms with Gasteiger partial charge < -0.3 is 25.5 Å². The number of carbonyl (C=O) groups is 1. The second-order valence-electron chi connectivity index (χ2n) is 7.21. The molecule has 1 unspecified atom stereocenters. The first kappa shape index (κ1) is 27.0. The molecule has 0 aliphatic carbocycles. The number of carbonyl (C=O) groups excluding carboxylic acids is 1. The van der Waals surface area contributed by atoms with Gasteiger partial charge in [0.1, 0.15) is 5.76 Å². The summed E-state index contributed by atoms with van der Waals surface area (Å²) in [6, 6.07) is 11.1. The Morgan fingerprint density at radius 1 is 1.13 bits per heavy atom. The molecule has 2 rings (SSSR count). The Morgan fingerprint density at radius 2 is 1.97 bits per heavy atom. The van der Waals surface area contributed by atoms with Gasteiger partial charge in [-0.3, -0.25) is 4.79 Å². The molecule has 2 aromatic rings. The van der Waals surface area contributed by atoms with E-state index in [0.29, 0.717) is 30.3 Å². The summed E-state index contributed by atoms with van der Waals surface area (Å²) in [5.74, 6) is 1.73. The Morgan fingerprint density at radius 3 is 2.65 bits per heavy atom. The van der Waals surface area contributed by atoms with Gasteiger partial charge in [0.05, 0.1) is 19.4 Å². The number of nitrogens with zero attached hydrogens (tertiary/aromatic N) is 1. The van der Waals surface area contributed by atoms with E-state index in [2.05, 4.69) is 27.9 Å². The van der Waals surface area contributed by atoms with Crippen LogP contribution in [-0.4, -0.2) is 36.7 Å². The Kier molecular flexibility index (Phi) is 13.6. The van der Waals surface area contributed by atoms with Crippen LogP contribution in [0, 0.1) is 5.92 Å². The van der Waals surface area contributed by atoms with E-state index < -0.39 is 0 Å². The van der Waals surface area contributed by atoms with E-state index in [-0.39, 0.29) is 36.5 Å². The van der Waals surface area contributed by atoms with Crippen LogP contribution < -0.4 is 16.0 Å². The summed E-state index contributed by atoms with van der Waals surface area (Å²) in [6.45, 7) is 6.74. The number of rotatable bonds is 12. The molecular weight excluding hydrogens is 507 g/mol. The summed E-state index contributed by atoms with van der Waals surface area (Å²) < 4.78 is 5.24. The molecule has 1 atom stereocenters. The molecule has 0 aliphatic heterocycles. The van der Waals surface area contributed by atoms with E-state index in [1.807, 2.05) is 31.2 Å². The van der Waals surface area contributed by atoms with E-state index in [4.69, 9.17) is 4.42 Å². The summed E-state index contributed by atoms with van der Waals surface area (Å²) in [7, 11) is 0. The van der Waals surface area contributed by atoms with Gasteiger partial charge in [0, 0.05) is 25.3 Å². The number of hydrogen-bond donors (Lipinski definition) is 4. The molecule has 1 aromatic heterocycles. The quantitative estimate of drug-likeness (QED) is 0.186. The predicted molar refractivity (Wildman–Crippen MR) is 135 cm³/mol. The van der Waals surface area contributed by atoms with Crippen LogP contribution in [0.3, 0.4) is 0 Å². The second-order valence-corrected chi connectivity index (χ2v) is 7.21. The van der Waals surface area contributed by atoms with Crippen molar-refractivity contribution in [3.8, 4) is 0 Å². The Balaban J connectivity index is 0.00000480. The van der Waals surface area contributed by atoms with Gasteiger partial charge in [0.2, 0.25) is 0 Å². The molecular formula is C23H35IN4O3. The lowest BCUT2D eigenvalue weighted by atomic mass is 10.0. The van der Waals surface area contributed by atoms with E-state index in [1.54, 1.807) is 18.4 Å². The Hall–Kier alpha value is -2.07. The normalized spacial score (nSPS) is 12.0. The molecule has 1 aromatic carbocycles. The van der Waals surface area contributed by atoms with Crippen LogP contribution in [0.15, 0.2) is 52.1 Å². The number of halogens is 1. The fourth-order valence-corrected chi connectivity index (χ4v) is 3.19. The summed E-state index contributed by atoms with van der Waals surface area (Å²) in [5, 5.41) is 18.7. The van der Waals surface area contributed by atoms with Crippen molar-refractivity contribution in [2.45, 2.75) is 46.2 Å². The third-order valence-corrected chi connectivity index (χ3v) is 4.75. The monoisotopic (exact) mass is 542 g/mol. The minimum atomic E-state index is -0.145. The number of benzene rings is 1. The lowest BCUT2D eigenvalue weighted by molar-refractivity contribution is 0.0948. The van der Waals surface area contributed by atoms with Gasteiger partial charge in [-0.1, -0.05) is 25.5 Å². The van der Waals surface area contributed by atoms with Crippen molar-refractivity contribution in [3.05, 3.63) is 59.5 Å². The zero-order valence-electron chi connectivity index (χ0n) is 18.4. The highest BCUT2D eigenvalue weighted by Crippen LogP contribution is 2.10. The maximum absolute atomic E-state index is 12.4. The molecule has 172 valence electrons. The average molecular weight is 542 g/mol. The van der Waals surface area contributed by atoms with Gasteiger partial charge in [-0.15, -0.1) is 24.0 Å². The standard InChI is InChI=1S/C23H34N4O3.HI/c1-3-7-18(11-12-28)15-26-23(24-4-2)27-16-19-8-5-9-20(14-19)22(29)25-17-21-10-6-13-30-21;/h5-6,8-10,13-14,18,28H,3-4,7,11-12,15-17H2,1-2H3,(H,25,29)(H2,24,26,27);1H. The molecule has 0 bridgehead atoms. The number of furan rings is 1. The number of aliphatic hydroxyl groups is 1. The van der Waals surface area contributed by atoms with Crippen LogP contribution in [0.25, 0.3) is 0 Å². The largest absolute Gasteiger partial charge is 0.467 e. The number of aliphatic imine (C=N–C) groups is 1. The third-order valence-electron chi connectivity index (χ3n) is 4.75. The molecule has 1 heterocycles. The molecule has 31 heavy (non-hydrogen) atoms. The molecule has 1 amide bonds. The Bertz CT molecular complexity index is 775. The summed E-state index contributed by atoms with van der Waals surface area (Å²) in [5.41, 5.74) is 1.55. The lowest BCUT2D eigenvalue weighted by Gasteiger charge is -2.18. The number of amides is 1. The molecule has 0 saturated carbocycles. The molecule has 7 nitrogen and oxygen atoms in total. The smallest absolute Gasteiger partial charge is 0.251 e. The van der Waals surface area contributed by atoms with Crippen LogP contribution in [0.2, 0.25) is 0 Å². The first-order valence-corrected chi connectivity index (χ1v) is 10.7. The van der Waals surface area contributed by atoms with Crippen molar-refractivity contribution in [2.24, 2.45) is 10.9 Å². The first-order chi connectivity index (χ1) is 14.7. The van der Waals surface area contributed by atoms with Crippen molar-refractivity contribution >= 4 is 35.8 Å². The SMILES string of the molecule is CCCC(CCO)CNC(=NCc1cccc(C(=O)NCc2ccco2)c1)NCC.I. The van der Waals surface area contributed by atoms with Crippen molar-refractivity contribution in [1.29, 1.82) is 0 Å². The fourth-order valence-electron chi connectivity index (χ4n) is 3.19. The molecule has 0 radical (unpaired) electrons. The minimum absolute atomic E-state index is 0. The van der Waals surface area contributed by atoms with Crippen molar-refractivity contribution < 1.29 is 14.3 Å². The van der Waals surface area contributed by atoms with Crippen molar-refractivity contribution in [2.75, 3.05) is 19.7 Å². The van der Waals surface area contributed by atoms with Gasteiger partial charge in [-0.2, -0.15) is 0 Å². The van der Waals surface area contributed by atoms with Gasteiger partial charge in [0.15, 0.2) is 5.96 Å². The Labute approximate surface area is 202 Å². The summed E-state index contributed by atoms with van der Waals surface area (Å²) >= 11 is 0. The van der Waals surface area contributed by atoms with Gasteiger partial charge in [0.25, 0.3) is 5.91 Å². The highest BCUT2D eigenvalue weighted by molar-refractivity contribution is 14.0. The molecule has 0 fully saturated rings. The van der Waals surface area contributed by atoms with Crippen LogP contribution in [0.5, 0.6) is 0 Å². The van der Waals surface area contributed by atoms with E-state index >= 15 is 0 Å². The minimum Gasteiger partial charge on any atom is -0.467 e. The number of hydrogen-bond acceptors (Lipinski definition) is 4. The molecule has 8 heteroatoms. The molecule has 0 saturated heterocycles. The maximum atomic E-state index is 12.4. The van der Waals surface area contributed by atoms with E-state index in [1.165, 1.54) is 0 Å². The summed E-state index contributed by atoms with van der Waals surface area (Å²) in [4.78, 5) is 17.0. The average Bonchev–Trinajstić information content (AvgIpc) is 3.28. The van der Waals surface area contributed by atoms with Crippen LogP contribution in [0.4, 0.5) is 0 Å². The predicted octanol–water partition coefficient (Wildman–Crippen LogP) is 3.68. The lowest BCUT2D eigenvalue weighted by Crippen LogP contribution is -2.40. The number of aliphatic hydroxyl groups excluding tert-OH is 1. The maximum Gasteiger partial charge on any atom is 0.251 e. The first-order valence-electron chi connectivity index (χ1n) is 10.7. The molecule has 4 N–H and O–H groups in total. The number of guanidine groups is 1. The number of nitrogens with one attached hydrogen (secondary N) is 3. The van der Waals surface area contributed by atoms with Crippen LogP contribution in [-0.2, 0) is 13.1 Å². The zero-order chi connectivity index (χ0) is 21.6. The topological polar surface area (TPSA) is 98.9 Å². The second kappa shape index (κ2) is 15.7. The van der Waals surface area contributed by atoms with Gasteiger partial charge in [-0.05, 0) is 55.5 Å². The highest BCUT2D eigenvalue weighted by Gasteiger charge is 2.09. The van der Waals surface area contributed by atoms with Crippen molar-refractivity contribution in [1.82, 2.24) is 16.0 Å². The molecule has 0 aliphatic rings. The van der Waals surface area contributed by atoms with E-state index in [0.717, 1.165) is 43.9 Å². The molecule has 0 spiro atoms. The van der Waals surface area contributed by atoms with Crippen molar-refractivity contribution in [3.63, 3.8) is 0 Å². The third kappa shape index (κ3) is 10.2. The van der Waals surface area contributed by atoms with Gasteiger partial charge in [-0.25, -0.2) is 4.99 Å². The zero-order valence-corrected chi connectivity index (χ0v) is 20.7.